The first-order valence-electron chi connectivity index (χ1n) is 15.2. The molecule has 2 aromatic carbocycles. The molecule has 1 aliphatic carbocycles. The first-order chi connectivity index (χ1) is 21.2. The second kappa shape index (κ2) is 15.0. The largest absolute Gasteiger partial charge is 0.464 e. The van der Waals surface area contributed by atoms with Crippen molar-refractivity contribution in [2.45, 2.75) is 83.8 Å². The average molecular weight is 617 g/mol. The minimum Gasteiger partial charge on any atom is -0.464 e. The molecule has 0 aliphatic heterocycles. The number of benzene rings is 2. The highest BCUT2D eigenvalue weighted by Gasteiger charge is 2.23. The number of nitro benzene ring substituents is 1. The van der Waals surface area contributed by atoms with E-state index in [0.29, 0.717) is 22.7 Å². The molecule has 0 atom stereocenters. The Morgan fingerprint density at radius 3 is 2.52 bits per heavy atom. The number of rotatable bonds is 9. The molecule has 232 valence electrons. The molecule has 9 nitrogen and oxygen atoms in total. The van der Waals surface area contributed by atoms with Crippen molar-refractivity contribution in [1.29, 1.82) is 0 Å². The van der Waals surface area contributed by atoms with E-state index in [9.17, 15) is 19.7 Å². The van der Waals surface area contributed by atoms with Gasteiger partial charge in [0.15, 0.2) is 5.16 Å². The highest BCUT2D eigenvalue weighted by Crippen LogP contribution is 2.35. The van der Waals surface area contributed by atoms with Gasteiger partial charge in [-0.05, 0) is 55.5 Å². The van der Waals surface area contributed by atoms with E-state index in [2.05, 4.69) is 19.2 Å². The minimum absolute atomic E-state index is 0.0594. The van der Waals surface area contributed by atoms with Gasteiger partial charge in [0.2, 0.25) is 5.91 Å². The van der Waals surface area contributed by atoms with Crippen molar-refractivity contribution < 1.29 is 14.1 Å². The van der Waals surface area contributed by atoms with E-state index in [0.717, 1.165) is 54.1 Å². The summed E-state index contributed by atoms with van der Waals surface area (Å²) in [6.07, 6.45) is 6.93. The molecule has 44 heavy (non-hydrogen) atoms. The Bertz CT molecular complexity index is 1660. The Kier molecular flexibility index (Phi) is 11.2. The first kappa shape index (κ1) is 32.7. The summed E-state index contributed by atoms with van der Waals surface area (Å²) < 4.78 is 7.00. The second-order valence-corrected chi connectivity index (χ2v) is 11.9. The third-order valence-electron chi connectivity index (χ3n) is 7.62. The fraction of sp³-hybridized carbons (Fsp3) is 0.382. The maximum atomic E-state index is 14.0. The van der Waals surface area contributed by atoms with Crippen LogP contribution in [0.2, 0.25) is 0 Å². The van der Waals surface area contributed by atoms with Crippen LogP contribution in [0.1, 0.15) is 76.8 Å². The van der Waals surface area contributed by atoms with Gasteiger partial charge in [0.05, 0.1) is 28.3 Å². The molecular weight excluding hydrogens is 576 g/mol. The Hall–Kier alpha value is -4.18. The molecule has 0 radical (unpaired) electrons. The number of carbonyl (C=O) groups is 1. The average Bonchev–Trinajstić information content (AvgIpc) is 3.58. The molecule has 0 spiro atoms. The Labute approximate surface area is 262 Å². The lowest BCUT2D eigenvalue weighted by Gasteiger charge is -2.23. The summed E-state index contributed by atoms with van der Waals surface area (Å²) in [5.41, 5.74) is 3.40. The fourth-order valence-electron chi connectivity index (χ4n) is 5.43. The van der Waals surface area contributed by atoms with Crippen LogP contribution in [0.5, 0.6) is 0 Å². The van der Waals surface area contributed by atoms with Gasteiger partial charge >= 0.3 is 0 Å². The second-order valence-electron chi connectivity index (χ2n) is 10.9. The topological polar surface area (TPSA) is 120 Å². The summed E-state index contributed by atoms with van der Waals surface area (Å²) in [5.74, 6) is 0.771. The van der Waals surface area contributed by atoms with Crippen molar-refractivity contribution in [2.24, 2.45) is 0 Å². The smallest absolute Gasteiger partial charge is 0.271 e. The molecule has 2 aromatic heterocycles. The van der Waals surface area contributed by atoms with Gasteiger partial charge in [-0.25, -0.2) is 4.98 Å². The molecule has 0 saturated heterocycles. The van der Waals surface area contributed by atoms with E-state index in [1.54, 1.807) is 19.3 Å². The molecule has 1 amide bonds. The number of thioether (sulfide) groups is 1. The van der Waals surface area contributed by atoms with Crippen molar-refractivity contribution >= 4 is 23.4 Å². The summed E-state index contributed by atoms with van der Waals surface area (Å²) in [6, 6.07) is 15.8. The molecule has 1 N–H and O–H groups in total. The van der Waals surface area contributed by atoms with Crippen molar-refractivity contribution in [3.63, 3.8) is 0 Å². The van der Waals surface area contributed by atoms with Gasteiger partial charge in [-0.3, -0.25) is 24.3 Å². The summed E-state index contributed by atoms with van der Waals surface area (Å²) in [4.78, 5) is 43.0. The third-order valence-corrected chi connectivity index (χ3v) is 8.55. The van der Waals surface area contributed by atoms with Crippen LogP contribution >= 0.6 is 11.8 Å². The Balaban J connectivity index is 0.00000216. The van der Waals surface area contributed by atoms with Gasteiger partial charge in [0, 0.05) is 34.9 Å². The summed E-state index contributed by atoms with van der Waals surface area (Å²) in [5, 5.41) is 14.9. The summed E-state index contributed by atoms with van der Waals surface area (Å²) >= 11 is 1.15. The normalized spacial score (nSPS) is 13.3. The van der Waals surface area contributed by atoms with Crippen LogP contribution in [0, 0.1) is 17.0 Å². The molecule has 10 heteroatoms. The first-order valence-corrected chi connectivity index (χ1v) is 16.2. The highest BCUT2D eigenvalue weighted by molar-refractivity contribution is 7.99. The number of hydrogen-bond donors (Lipinski definition) is 1. The molecule has 1 saturated carbocycles. The van der Waals surface area contributed by atoms with Crippen LogP contribution in [0.15, 0.2) is 75.2 Å². The number of hydrogen-bond acceptors (Lipinski definition) is 7. The van der Waals surface area contributed by atoms with E-state index < -0.39 is 4.92 Å². The summed E-state index contributed by atoms with van der Waals surface area (Å²) in [7, 11) is 0. The number of aromatic nitrogens is 2. The van der Waals surface area contributed by atoms with E-state index in [1.807, 2.05) is 44.2 Å². The van der Waals surface area contributed by atoms with Crippen molar-refractivity contribution in [3.05, 3.63) is 92.5 Å². The van der Waals surface area contributed by atoms with Crippen LogP contribution in [0.4, 0.5) is 5.69 Å². The molecule has 0 unspecified atom stereocenters. The lowest BCUT2D eigenvalue weighted by atomic mass is 9.91. The van der Waals surface area contributed by atoms with Gasteiger partial charge in [0.25, 0.3) is 11.2 Å². The molecule has 4 aromatic rings. The molecule has 1 fully saturated rings. The number of nitrogens with zero attached hydrogens (tertiary/aromatic N) is 3. The van der Waals surface area contributed by atoms with Crippen LogP contribution < -0.4 is 10.9 Å². The van der Waals surface area contributed by atoms with Crippen molar-refractivity contribution in [3.8, 4) is 28.3 Å². The predicted octanol–water partition coefficient (Wildman–Crippen LogP) is 8.07. The van der Waals surface area contributed by atoms with Gasteiger partial charge < -0.3 is 9.73 Å². The number of carbonyl (C=O) groups excluding carboxylic acids is 1. The maximum Gasteiger partial charge on any atom is 0.271 e. The molecule has 0 bridgehead atoms. The number of non-ortho nitro benzene ring substituents is 1. The van der Waals surface area contributed by atoms with Crippen LogP contribution in [-0.2, 0) is 4.79 Å². The third kappa shape index (κ3) is 7.48. The highest BCUT2D eigenvalue weighted by atomic mass is 32.2. The van der Waals surface area contributed by atoms with E-state index in [-0.39, 0.29) is 40.0 Å². The maximum absolute atomic E-state index is 14.0. The molecule has 5 rings (SSSR count). The van der Waals surface area contributed by atoms with Gasteiger partial charge in [0.1, 0.15) is 5.76 Å². The molecule has 2 heterocycles. The molecule has 1 aliphatic rings. The van der Waals surface area contributed by atoms with Crippen LogP contribution in [0.25, 0.3) is 28.3 Å². The monoisotopic (exact) mass is 616 g/mol. The number of nitro groups is 1. The van der Waals surface area contributed by atoms with E-state index in [1.165, 1.54) is 29.2 Å². The standard InChI is InChI=1S/C32H34N4O5S.C2H6/c1-20(2)26-15-14-22(28-13-8-16-41-28)17-27(26)30-21(3)31(38)35(24-11-7-12-25(18-24)36(39)40)32(34-30)42-19-29(37)33-23-9-5-4-6-10-23;1-2/h7-8,11-18,20,23H,4-6,9-10,19H2,1-3H3,(H,33,37);1-2H3. The van der Waals surface area contributed by atoms with E-state index >= 15 is 0 Å². The Morgan fingerprint density at radius 1 is 1.11 bits per heavy atom. The van der Waals surface area contributed by atoms with Gasteiger partial charge in [-0.1, -0.05) is 76.9 Å². The van der Waals surface area contributed by atoms with Crippen molar-refractivity contribution in [1.82, 2.24) is 14.9 Å². The van der Waals surface area contributed by atoms with Crippen molar-refractivity contribution in [2.75, 3.05) is 5.75 Å². The lowest BCUT2D eigenvalue weighted by molar-refractivity contribution is -0.384. The summed E-state index contributed by atoms with van der Waals surface area (Å²) in [6.45, 7) is 9.87. The minimum atomic E-state index is -0.497. The Morgan fingerprint density at radius 2 is 1.86 bits per heavy atom. The predicted molar refractivity (Wildman–Crippen MR) is 176 cm³/mol. The van der Waals surface area contributed by atoms with Gasteiger partial charge in [-0.15, -0.1) is 0 Å². The zero-order valence-electron chi connectivity index (χ0n) is 26.0. The van der Waals surface area contributed by atoms with Crippen LogP contribution in [-0.4, -0.2) is 32.2 Å². The SMILES string of the molecule is CC.Cc1c(-c2cc(-c3ccco3)ccc2C(C)C)nc(SCC(=O)NC2CCCCC2)n(-c2cccc([N+](=O)[O-])c2)c1=O. The molecular formula is C34H40N4O5S. The van der Waals surface area contributed by atoms with Crippen LogP contribution in [0.3, 0.4) is 0 Å². The lowest BCUT2D eigenvalue weighted by Crippen LogP contribution is -2.37. The quantitative estimate of drug-likeness (QED) is 0.0874. The zero-order chi connectivity index (χ0) is 31.8. The zero-order valence-corrected chi connectivity index (χ0v) is 26.8. The van der Waals surface area contributed by atoms with Gasteiger partial charge in [-0.2, -0.15) is 0 Å². The number of nitrogens with one attached hydrogen (secondary N) is 1. The number of amides is 1. The van der Waals surface area contributed by atoms with E-state index in [4.69, 9.17) is 9.40 Å². The number of furan rings is 1. The fourth-order valence-corrected chi connectivity index (χ4v) is 6.24.